The van der Waals surface area contributed by atoms with E-state index in [1.807, 2.05) is 38.2 Å². The topological polar surface area (TPSA) is 41.9 Å². The van der Waals surface area contributed by atoms with Crippen LogP contribution in [0.3, 0.4) is 0 Å². The second kappa shape index (κ2) is 7.78. The first-order chi connectivity index (χ1) is 10.1. The molecule has 3 atom stereocenters. The van der Waals surface area contributed by atoms with Crippen molar-refractivity contribution in [3.8, 4) is 5.75 Å². The lowest BCUT2D eigenvalue weighted by molar-refractivity contribution is -0.0505. The lowest BCUT2D eigenvalue weighted by Gasteiger charge is -2.39. The molecule has 1 aromatic carbocycles. The van der Waals surface area contributed by atoms with E-state index in [0.717, 1.165) is 31.6 Å². The van der Waals surface area contributed by atoms with E-state index in [4.69, 9.17) is 9.47 Å². The number of methoxy groups -OCH3 is 1. The van der Waals surface area contributed by atoms with Crippen LogP contribution in [0.2, 0.25) is 0 Å². The molecule has 2 rings (SSSR count). The van der Waals surface area contributed by atoms with Gasteiger partial charge < -0.3 is 14.6 Å². The minimum absolute atomic E-state index is 0.129. The molecule has 4 nitrogen and oxygen atoms in total. The average molecular weight is 293 g/mol. The Balaban J connectivity index is 1.97. The van der Waals surface area contributed by atoms with Crippen LogP contribution in [-0.4, -0.2) is 55.6 Å². The van der Waals surface area contributed by atoms with Gasteiger partial charge in [0.2, 0.25) is 0 Å². The summed E-state index contributed by atoms with van der Waals surface area (Å²) in [5.74, 6) is 0.847. The van der Waals surface area contributed by atoms with Crippen LogP contribution in [0.5, 0.6) is 5.75 Å². The highest BCUT2D eigenvalue weighted by molar-refractivity contribution is 5.27. The highest BCUT2D eigenvalue weighted by Crippen LogP contribution is 2.27. The number of hydrogen-bond donors (Lipinski definition) is 1. The van der Waals surface area contributed by atoms with Crippen LogP contribution in [0.15, 0.2) is 24.3 Å². The summed E-state index contributed by atoms with van der Waals surface area (Å²) in [6, 6.07) is 8.15. The molecule has 0 spiro atoms. The number of aliphatic hydroxyl groups is 1. The van der Waals surface area contributed by atoms with Gasteiger partial charge in [0.1, 0.15) is 18.0 Å². The molecule has 0 aromatic heterocycles. The maximum absolute atomic E-state index is 10.6. The number of benzene rings is 1. The van der Waals surface area contributed by atoms with Crippen molar-refractivity contribution in [1.29, 1.82) is 0 Å². The van der Waals surface area contributed by atoms with Crippen LogP contribution >= 0.6 is 0 Å². The first kappa shape index (κ1) is 16.3. The molecule has 1 N–H and O–H groups in total. The van der Waals surface area contributed by atoms with Crippen molar-refractivity contribution >= 4 is 0 Å². The Labute approximate surface area is 127 Å². The molecule has 0 bridgehead atoms. The van der Waals surface area contributed by atoms with Gasteiger partial charge in [-0.15, -0.1) is 0 Å². The summed E-state index contributed by atoms with van der Waals surface area (Å²) in [5, 5.41) is 10.6. The van der Waals surface area contributed by atoms with Crippen molar-refractivity contribution in [2.24, 2.45) is 0 Å². The number of nitrogens with zero attached hydrogens (tertiary/aromatic N) is 1. The zero-order valence-electron chi connectivity index (χ0n) is 13.3. The third-order valence-electron chi connectivity index (χ3n) is 4.25. The Kier molecular flexibility index (Phi) is 6.03. The second-order valence-corrected chi connectivity index (χ2v) is 5.94. The molecule has 1 aromatic rings. The fourth-order valence-corrected chi connectivity index (χ4v) is 2.99. The van der Waals surface area contributed by atoms with Gasteiger partial charge in [-0.1, -0.05) is 12.1 Å². The number of rotatable bonds is 6. The predicted molar refractivity (Wildman–Crippen MR) is 83.7 cm³/mol. The third-order valence-corrected chi connectivity index (χ3v) is 4.25. The molecule has 1 saturated carbocycles. The number of aryl methyl sites for hydroxylation is 1. The van der Waals surface area contributed by atoms with Crippen molar-refractivity contribution in [2.45, 2.75) is 44.4 Å². The van der Waals surface area contributed by atoms with Crippen LogP contribution in [0.1, 0.15) is 24.8 Å². The van der Waals surface area contributed by atoms with Crippen LogP contribution < -0.4 is 4.74 Å². The van der Waals surface area contributed by atoms with Crippen LogP contribution in [-0.2, 0) is 4.74 Å². The monoisotopic (exact) mass is 293 g/mol. The molecule has 1 fully saturated rings. The molecule has 0 amide bonds. The van der Waals surface area contributed by atoms with E-state index >= 15 is 0 Å². The van der Waals surface area contributed by atoms with E-state index in [1.54, 1.807) is 7.11 Å². The van der Waals surface area contributed by atoms with Crippen molar-refractivity contribution in [2.75, 3.05) is 27.3 Å². The lowest BCUT2D eigenvalue weighted by atomic mass is 9.89. The molecular weight excluding hydrogens is 266 g/mol. The fourth-order valence-electron chi connectivity index (χ4n) is 2.99. The molecular formula is C17H27NO3. The summed E-state index contributed by atoms with van der Waals surface area (Å²) in [7, 11) is 3.75. The Bertz CT molecular complexity index is 438. The highest BCUT2D eigenvalue weighted by Gasteiger charge is 2.35. The van der Waals surface area contributed by atoms with Gasteiger partial charge in [0.25, 0.3) is 0 Å². The molecule has 1 aliphatic carbocycles. The van der Waals surface area contributed by atoms with Crippen molar-refractivity contribution in [3.63, 3.8) is 0 Å². The van der Waals surface area contributed by atoms with Crippen molar-refractivity contribution in [1.82, 2.24) is 4.90 Å². The number of hydrogen-bond acceptors (Lipinski definition) is 4. The molecule has 1 aliphatic rings. The maximum atomic E-state index is 10.6. The van der Waals surface area contributed by atoms with Gasteiger partial charge in [-0.05, 0) is 50.9 Å². The van der Waals surface area contributed by atoms with E-state index < -0.39 is 6.10 Å². The Hall–Kier alpha value is -1.10. The molecule has 0 heterocycles. The zero-order chi connectivity index (χ0) is 15.2. The molecule has 0 aliphatic heterocycles. The third kappa shape index (κ3) is 4.43. The number of aliphatic hydroxyl groups excluding tert-OH is 1. The van der Waals surface area contributed by atoms with E-state index in [0.29, 0.717) is 6.61 Å². The molecule has 0 unspecified atom stereocenters. The lowest BCUT2D eigenvalue weighted by Crippen LogP contribution is -2.52. The molecule has 0 radical (unpaired) electrons. The van der Waals surface area contributed by atoms with Crippen molar-refractivity contribution in [3.05, 3.63) is 29.8 Å². The van der Waals surface area contributed by atoms with Gasteiger partial charge in [0, 0.05) is 19.7 Å². The average Bonchev–Trinajstić information content (AvgIpc) is 2.47. The summed E-state index contributed by atoms with van der Waals surface area (Å²) in [6.07, 6.45) is 2.41. The first-order valence-corrected chi connectivity index (χ1v) is 7.72. The smallest absolute Gasteiger partial charge is 0.126 e. The summed E-state index contributed by atoms with van der Waals surface area (Å²) < 4.78 is 11.1. The summed E-state index contributed by atoms with van der Waals surface area (Å²) in [4.78, 5) is 2.18. The second-order valence-electron chi connectivity index (χ2n) is 5.94. The van der Waals surface area contributed by atoms with Gasteiger partial charge in [0.05, 0.1) is 6.61 Å². The number of ether oxygens (including phenoxy) is 2. The SMILES string of the molecule is COCCN(C)[C@H]1CCC[C@@H](Oc2cccc(C)c2)[C@@H]1O. The molecule has 118 valence electrons. The van der Waals surface area contributed by atoms with Crippen LogP contribution in [0.4, 0.5) is 0 Å². The van der Waals surface area contributed by atoms with Crippen LogP contribution in [0, 0.1) is 6.92 Å². The zero-order valence-corrected chi connectivity index (χ0v) is 13.3. The Morgan fingerprint density at radius 3 is 2.86 bits per heavy atom. The van der Waals surface area contributed by atoms with Gasteiger partial charge >= 0.3 is 0 Å². The standard InChI is InChI=1S/C17H27NO3/c1-13-6-4-7-14(12-13)21-16-9-5-8-15(17(16)19)18(2)10-11-20-3/h4,6-7,12,15-17,19H,5,8-11H2,1-3H3/t15-,16+,17+/m0/s1. The van der Waals surface area contributed by atoms with Gasteiger partial charge in [-0.3, -0.25) is 4.90 Å². The predicted octanol–water partition coefficient (Wildman–Crippen LogP) is 2.23. The molecule has 4 heteroatoms. The van der Waals surface area contributed by atoms with Gasteiger partial charge in [0.15, 0.2) is 0 Å². The van der Waals surface area contributed by atoms with Crippen LogP contribution in [0.25, 0.3) is 0 Å². The maximum Gasteiger partial charge on any atom is 0.126 e. The van der Waals surface area contributed by atoms with E-state index in [-0.39, 0.29) is 12.1 Å². The van der Waals surface area contributed by atoms with E-state index in [9.17, 15) is 5.11 Å². The van der Waals surface area contributed by atoms with E-state index in [2.05, 4.69) is 4.90 Å². The Morgan fingerprint density at radius 2 is 2.14 bits per heavy atom. The van der Waals surface area contributed by atoms with Gasteiger partial charge in [-0.2, -0.15) is 0 Å². The quantitative estimate of drug-likeness (QED) is 0.873. The van der Waals surface area contributed by atoms with Gasteiger partial charge in [-0.25, -0.2) is 0 Å². The normalized spacial score (nSPS) is 26.0. The minimum Gasteiger partial charge on any atom is -0.488 e. The number of likely N-dealkylation sites (N-methyl/N-ethyl adjacent to an activating group) is 1. The summed E-state index contributed by atoms with van der Waals surface area (Å²) in [6.45, 7) is 3.56. The van der Waals surface area contributed by atoms with Crippen molar-refractivity contribution < 1.29 is 14.6 Å². The summed E-state index contributed by atoms with van der Waals surface area (Å²) in [5.41, 5.74) is 1.17. The first-order valence-electron chi connectivity index (χ1n) is 7.72. The Morgan fingerprint density at radius 1 is 1.33 bits per heavy atom. The highest BCUT2D eigenvalue weighted by atomic mass is 16.5. The minimum atomic E-state index is -0.457. The van der Waals surface area contributed by atoms with E-state index in [1.165, 1.54) is 5.56 Å². The largest absolute Gasteiger partial charge is 0.488 e. The summed E-state index contributed by atoms with van der Waals surface area (Å²) >= 11 is 0. The molecule has 21 heavy (non-hydrogen) atoms. The fraction of sp³-hybridized carbons (Fsp3) is 0.647. The molecule has 0 saturated heterocycles.